The number of nitrogens with one attached hydrogen (secondary N) is 2. The molecule has 0 aliphatic carbocycles. The van der Waals surface area contributed by atoms with Gasteiger partial charge in [-0.05, 0) is 62.4 Å². The quantitative estimate of drug-likeness (QED) is 0.574. The Kier molecular flexibility index (Phi) is 6.14. The van der Waals surface area contributed by atoms with Crippen LogP contribution in [0.25, 0.3) is 0 Å². The first-order chi connectivity index (χ1) is 14.4. The zero-order valence-electron chi connectivity index (χ0n) is 16.7. The molecule has 0 fully saturated rings. The Morgan fingerprint density at radius 1 is 0.833 bits per heavy atom. The first-order valence-corrected chi connectivity index (χ1v) is 9.35. The first kappa shape index (κ1) is 20.6. The number of amides is 2. The van der Waals surface area contributed by atoms with Crippen molar-refractivity contribution in [3.8, 4) is 17.6 Å². The zero-order valence-corrected chi connectivity index (χ0v) is 16.7. The van der Waals surface area contributed by atoms with E-state index < -0.39 is 17.2 Å². The molecule has 2 amide bonds. The molecule has 3 rings (SSSR count). The van der Waals surface area contributed by atoms with Gasteiger partial charge in [-0.2, -0.15) is 5.26 Å². The number of nitriles is 1. The molecule has 2 N–H and O–H groups in total. The lowest BCUT2D eigenvalue weighted by Gasteiger charge is -2.23. The summed E-state index contributed by atoms with van der Waals surface area (Å²) >= 11 is 0. The lowest BCUT2D eigenvalue weighted by molar-refractivity contribution is -0.135. The Morgan fingerprint density at radius 3 is 2.10 bits per heavy atom. The maximum Gasteiger partial charge on any atom is 0.239 e. The molecule has 0 spiro atoms. The topological polar surface area (TPSA) is 91.2 Å². The molecule has 3 aromatic rings. The molecule has 0 aromatic heterocycles. The minimum absolute atomic E-state index is 0.464. The van der Waals surface area contributed by atoms with Gasteiger partial charge in [0.25, 0.3) is 0 Å². The average Bonchev–Trinajstić information content (AvgIpc) is 2.76. The fourth-order valence-electron chi connectivity index (χ4n) is 2.57. The minimum Gasteiger partial charge on any atom is -0.455 e. The predicted octanol–water partition coefficient (Wildman–Crippen LogP) is 4.95. The van der Waals surface area contributed by atoms with E-state index in [0.29, 0.717) is 28.4 Å². The Balaban J connectivity index is 1.72. The highest BCUT2D eigenvalue weighted by Gasteiger charge is 2.36. The number of anilines is 2. The van der Waals surface area contributed by atoms with Crippen molar-refractivity contribution < 1.29 is 14.3 Å². The maximum absolute atomic E-state index is 12.9. The second-order valence-corrected chi connectivity index (χ2v) is 7.13. The van der Waals surface area contributed by atoms with E-state index in [0.717, 1.165) is 0 Å². The number of carbonyl (C=O) groups is 2. The van der Waals surface area contributed by atoms with Crippen molar-refractivity contribution in [2.45, 2.75) is 13.8 Å². The van der Waals surface area contributed by atoms with E-state index in [1.54, 1.807) is 62.4 Å². The van der Waals surface area contributed by atoms with Crippen LogP contribution in [-0.2, 0) is 9.59 Å². The van der Waals surface area contributed by atoms with Gasteiger partial charge in [-0.3, -0.25) is 9.59 Å². The van der Waals surface area contributed by atoms with Crippen molar-refractivity contribution in [2.24, 2.45) is 5.41 Å². The van der Waals surface area contributed by atoms with Crippen LogP contribution in [0.5, 0.6) is 11.5 Å². The molecule has 0 aliphatic heterocycles. The summed E-state index contributed by atoms with van der Waals surface area (Å²) < 4.78 is 5.86. The highest BCUT2D eigenvalue weighted by molar-refractivity contribution is 6.14. The molecule has 0 bridgehead atoms. The number of carbonyl (C=O) groups excluding carboxylic acids is 2. The number of nitrogens with zero attached hydrogens (tertiary/aromatic N) is 1. The summed E-state index contributed by atoms with van der Waals surface area (Å²) in [4.78, 5) is 25.6. The third-order valence-electron chi connectivity index (χ3n) is 4.51. The van der Waals surface area contributed by atoms with Crippen LogP contribution in [0.3, 0.4) is 0 Å². The summed E-state index contributed by atoms with van der Waals surface area (Å²) in [6.07, 6.45) is 0. The van der Waals surface area contributed by atoms with Gasteiger partial charge in [0, 0.05) is 5.69 Å². The number of rotatable bonds is 6. The number of ether oxygens (including phenoxy) is 1. The fourth-order valence-corrected chi connectivity index (χ4v) is 2.57. The third-order valence-corrected chi connectivity index (χ3v) is 4.51. The van der Waals surface area contributed by atoms with Crippen molar-refractivity contribution in [1.82, 2.24) is 0 Å². The fraction of sp³-hybridized carbons (Fsp3) is 0.125. The summed E-state index contributed by atoms with van der Waals surface area (Å²) in [5, 5.41) is 14.4. The Hall–Kier alpha value is -4.11. The highest BCUT2D eigenvalue weighted by Crippen LogP contribution is 2.31. The monoisotopic (exact) mass is 399 g/mol. The molecule has 30 heavy (non-hydrogen) atoms. The van der Waals surface area contributed by atoms with Gasteiger partial charge in [0.1, 0.15) is 11.2 Å². The van der Waals surface area contributed by atoms with E-state index in [-0.39, 0.29) is 0 Å². The van der Waals surface area contributed by atoms with Crippen LogP contribution in [0.1, 0.15) is 19.4 Å². The Labute approximate surface area is 175 Å². The van der Waals surface area contributed by atoms with Crippen molar-refractivity contribution in [3.63, 3.8) is 0 Å². The molecule has 0 saturated heterocycles. The highest BCUT2D eigenvalue weighted by atomic mass is 16.5. The molecule has 6 heteroatoms. The van der Waals surface area contributed by atoms with Crippen LogP contribution in [0.4, 0.5) is 11.4 Å². The zero-order chi connectivity index (χ0) is 21.6. The summed E-state index contributed by atoms with van der Waals surface area (Å²) in [7, 11) is 0. The molecule has 0 atom stereocenters. The minimum atomic E-state index is -1.35. The summed E-state index contributed by atoms with van der Waals surface area (Å²) in [6, 6.07) is 24.7. The molecule has 0 saturated carbocycles. The van der Waals surface area contributed by atoms with Crippen molar-refractivity contribution in [3.05, 3.63) is 84.4 Å². The molecule has 3 aromatic carbocycles. The maximum atomic E-state index is 12.9. The van der Waals surface area contributed by atoms with Crippen molar-refractivity contribution >= 4 is 23.2 Å². The lowest BCUT2D eigenvalue weighted by Crippen LogP contribution is -2.41. The summed E-state index contributed by atoms with van der Waals surface area (Å²) in [5.74, 6) is 0.168. The Morgan fingerprint density at radius 2 is 1.43 bits per heavy atom. The SMILES string of the molecule is CC(C)(C(=O)Nc1ccc(C#N)cc1)C(=O)Nc1ccccc1Oc1ccccc1. The first-order valence-electron chi connectivity index (χ1n) is 9.35. The molecular weight excluding hydrogens is 378 g/mol. The normalized spacial score (nSPS) is 10.6. The van der Waals surface area contributed by atoms with Crippen molar-refractivity contribution in [1.29, 1.82) is 5.26 Å². The smallest absolute Gasteiger partial charge is 0.239 e. The van der Waals surface area contributed by atoms with Gasteiger partial charge in [0.15, 0.2) is 5.75 Å². The van der Waals surface area contributed by atoms with E-state index >= 15 is 0 Å². The second-order valence-electron chi connectivity index (χ2n) is 7.13. The largest absolute Gasteiger partial charge is 0.455 e. The number of benzene rings is 3. The molecule has 0 heterocycles. The third kappa shape index (κ3) is 4.83. The van der Waals surface area contributed by atoms with E-state index in [2.05, 4.69) is 10.6 Å². The van der Waals surface area contributed by atoms with E-state index in [9.17, 15) is 9.59 Å². The van der Waals surface area contributed by atoms with E-state index in [1.807, 2.05) is 36.4 Å². The van der Waals surface area contributed by atoms with Gasteiger partial charge >= 0.3 is 0 Å². The second kappa shape index (κ2) is 8.93. The molecular formula is C24H21N3O3. The van der Waals surface area contributed by atoms with Crippen LogP contribution in [0.2, 0.25) is 0 Å². The summed E-state index contributed by atoms with van der Waals surface area (Å²) in [5.41, 5.74) is 0.103. The van der Waals surface area contributed by atoms with Crippen molar-refractivity contribution in [2.75, 3.05) is 10.6 Å². The van der Waals surface area contributed by atoms with Crippen LogP contribution in [0.15, 0.2) is 78.9 Å². The molecule has 6 nitrogen and oxygen atoms in total. The van der Waals surface area contributed by atoms with Crippen LogP contribution in [0, 0.1) is 16.7 Å². The van der Waals surface area contributed by atoms with Gasteiger partial charge in [-0.15, -0.1) is 0 Å². The number of hydrogen-bond donors (Lipinski definition) is 2. The van der Waals surface area contributed by atoms with Crippen LogP contribution in [-0.4, -0.2) is 11.8 Å². The van der Waals surface area contributed by atoms with Gasteiger partial charge < -0.3 is 15.4 Å². The van der Waals surface area contributed by atoms with Gasteiger partial charge in [0.2, 0.25) is 11.8 Å². The molecule has 150 valence electrons. The standard InChI is InChI=1S/C24H21N3O3/c1-24(2,22(28)26-18-14-12-17(16-25)13-15-18)23(29)27-20-10-6-7-11-21(20)30-19-8-4-3-5-9-19/h3-15H,1-2H3,(H,26,28)(H,27,29). The van der Waals surface area contributed by atoms with E-state index in [1.165, 1.54) is 0 Å². The van der Waals surface area contributed by atoms with Gasteiger partial charge in [0.05, 0.1) is 17.3 Å². The number of hydrogen-bond acceptors (Lipinski definition) is 4. The molecule has 0 aliphatic rings. The summed E-state index contributed by atoms with van der Waals surface area (Å²) in [6.45, 7) is 3.09. The van der Waals surface area contributed by atoms with Gasteiger partial charge in [-0.1, -0.05) is 30.3 Å². The average molecular weight is 399 g/mol. The molecule has 0 radical (unpaired) electrons. The Bertz CT molecular complexity index is 1080. The van der Waals surface area contributed by atoms with Crippen LogP contribution >= 0.6 is 0 Å². The lowest BCUT2D eigenvalue weighted by atomic mass is 9.90. The number of para-hydroxylation sites is 3. The van der Waals surface area contributed by atoms with Gasteiger partial charge in [-0.25, -0.2) is 0 Å². The van der Waals surface area contributed by atoms with Crippen LogP contribution < -0.4 is 15.4 Å². The predicted molar refractivity (Wildman–Crippen MR) is 115 cm³/mol. The molecule has 0 unspecified atom stereocenters. The van der Waals surface area contributed by atoms with E-state index in [4.69, 9.17) is 10.00 Å².